The summed E-state index contributed by atoms with van der Waals surface area (Å²) in [5, 5.41) is 3.59. The van der Waals surface area contributed by atoms with Gasteiger partial charge in [0.25, 0.3) is 16.0 Å². The summed E-state index contributed by atoms with van der Waals surface area (Å²) in [5.41, 5.74) is 2.34. The van der Waals surface area contributed by atoms with Crippen LogP contribution in [0.25, 0.3) is 0 Å². The minimum absolute atomic E-state index is 0.0256. The van der Waals surface area contributed by atoms with Crippen LogP contribution in [0.15, 0.2) is 27.6 Å². The number of nitrogens with one attached hydrogen (secondary N) is 1. The molecule has 0 radical (unpaired) electrons. The Morgan fingerprint density at radius 1 is 1.30 bits per heavy atom. The maximum atomic E-state index is 12.3. The third-order valence-corrected chi connectivity index (χ3v) is 4.70. The van der Waals surface area contributed by atoms with Crippen LogP contribution in [0.4, 0.5) is 5.95 Å². The van der Waals surface area contributed by atoms with Gasteiger partial charge in [0.1, 0.15) is 0 Å². The molecule has 0 unspecified atom stereocenters. The summed E-state index contributed by atoms with van der Waals surface area (Å²) < 4.78 is 31.8. The molecule has 0 fully saturated rings. The topological polar surface area (TPSA) is 85.1 Å². The van der Waals surface area contributed by atoms with Gasteiger partial charge in [0, 0.05) is 6.42 Å². The number of aryl methyl sites for hydroxylation is 3. The summed E-state index contributed by atoms with van der Waals surface area (Å²) in [6, 6.07) is 5.23. The number of aromatic nitrogens is 2. The number of anilines is 1. The van der Waals surface area contributed by atoms with E-state index >= 15 is 0 Å². The Morgan fingerprint density at radius 3 is 2.85 bits per heavy atom. The fourth-order valence-electron chi connectivity index (χ4n) is 2.33. The van der Waals surface area contributed by atoms with Crippen LogP contribution in [0.3, 0.4) is 0 Å². The summed E-state index contributed by atoms with van der Waals surface area (Å²) in [7, 11) is -3.66. The van der Waals surface area contributed by atoms with Crippen molar-refractivity contribution < 1.29 is 12.9 Å². The van der Waals surface area contributed by atoms with E-state index in [0.717, 1.165) is 24.8 Å². The number of nitrogens with zero attached hydrogens (tertiary/aromatic N) is 2. The molecule has 1 aliphatic rings. The molecule has 0 aliphatic heterocycles. The fourth-order valence-corrected chi connectivity index (χ4v) is 3.32. The maximum Gasteiger partial charge on any atom is 0.277 e. The van der Waals surface area contributed by atoms with Crippen molar-refractivity contribution in [1.29, 1.82) is 0 Å². The van der Waals surface area contributed by atoms with E-state index in [2.05, 4.69) is 14.9 Å². The molecule has 0 bridgehead atoms. The lowest BCUT2D eigenvalue weighted by Crippen LogP contribution is -2.14. The molecule has 7 heteroatoms. The lowest BCUT2D eigenvalue weighted by Gasteiger charge is -2.06. The highest BCUT2D eigenvalue weighted by Crippen LogP contribution is 2.25. The molecule has 1 heterocycles. The second-order valence-corrected chi connectivity index (χ2v) is 6.44. The van der Waals surface area contributed by atoms with E-state index in [0.29, 0.717) is 12.3 Å². The average molecular weight is 293 g/mol. The Bertz CT molecular complexity index is 737. The van der Waals surface area contributed by atoms with Crippen molar-refractivity contribution in [3.05, 3.63) is 35.2 Å². The van der Waals surface area contributed by atoms with Crippen LogP contribution >= 0.6 is 0 Å². The molecule has 0 amide bonds. The number of rotatable bonds is 4. The SMILES string of the molecule is CCc1nc(NS(=O)(=O)c2ccc3c(c2)CCC3)no1. The molecule has 1 aromatic heterocycles. The Hall–Kier alpha value is -1.89. The van der Waals surface area contributed by atoms with Crippen LogP contribution in [0.2, 0.25) is 0 Å². The zero-order chi connectivity index (χ0) is 14.2. The predicted octanol–water partition coefficient (Wildman–Crippen LogP) is 1.92. The summed E-state index contributed by atoms with van der Waals surface area (Å²) in [6.07, 6.45) is 3.60. The molecular weight excluding hydrogens is 278 g/mol. The number of hydrogen-bond acceptors (Lipinski definition) is 5. The maximum absolute atomic E-state index is 12.3. The van der Waals surface area contributed by atoms with Gasteiger partial charge >= 0.3 is 0 Å². The van der Waals surface area contributed by atoms with E-state index in [1.54, 1.807) is 12.1 Å². The van der Waals surface area contributed by atoms with Crippen molar-refractivity contribution in [2.24, 2.45) is 0 Å². The highest BCUT2D eigenvalue weighted by Gasteiger charge is 2.20. The Balaban J connectivity index is 1.88. The van der Waals surface area contributed by atoms with E-state index in [9.17, 15) is 8.42 Å². The molecule has 0 spiro atoms. The lowest BCUT2D eigenvalue weighted by atomic mass is 10.1. The van der Waals surface area contributed by atoms with Gasteiger partial charge in [0.2, 0.25) is 5.89 Å². The fraction of sp³-hybridized carbons (Fsp3) is 0.385. The smallest absolute Gasteiger partial charge is 0.277 e. The van der Waals surface area contributed by atoms with Gasteiger partial charge in [0.05, 0.1) is 4.90 Å². The summed E-state index contributed by atoms with van der Waals surface area (Å²) >= 11 is 0. The molecule has 6 nitrogen and oxygen atoms in total. The standard InChI is InChI=1S/C13H15N3O3S/c1-2-12-14-13(15-19-12)16-20(17,18)11-7-6-9-4-3-5-10(9)8-11/h6-8H,2-5H2,1H3,(H,15,16). The lowest BCUT2D eigenvalue weighted by molar-refractivity contribution is 0.383. The van der Waals surface area contributed by atoms with Gasteiger partial charge in [-0.2, -0.15) is 4.98 Å². The van der Waals surface area contributed by atoms with Crippen molar-refractivity contribution in [2.75, 3.05) is 4.72 Å². The van der Waals surface area contributed by atoms with Crippen LogP contribution in [0.1, 0.15) is 30.4 Å². The van der Waals surface area contributed by atoms with Gasteiger partial charge in [0.15, 0.2) is 0 Å². The van der Waals surface area contributed by atoms with Crippen LogP contribution in [0.5, 0.6) is 0 Å². The molecular formula is C13H15N3O3S. The third-order valence-electron chi connectivity index (χ3n) is 3.38. The van der Waals surface area contributed by atoms with E-state index in [1.165, 1.54) is 5.56 Å². The molecule has 1 aromatic carbocycles. The van der Waals surface area contributed by atoms with Gasteiger partial charge < -0.3 is 4.52 Å². The Morgan fingerprint density at radius 2 is 2.10 bits per heavy atom. The highest BCUT2D eigenvalue weighted by molar-refractivity contribution is 7.92. The number of benzene rings is 1. The molecule has 2 aromatic rings. The van der Waals surface area contributed by atoms with Gasteiger partial charge in [-0.3, -0.25) is 0 Å². The van der Waals surface area contributed by atoms with E-state index in [1.807, 2.05) is 13.0 Å². The van der Waals surface area contributed by atoms with Gasteiger partial charge in [-0.15, -0.1) is 0 Å². The summed E-state index contributed by atoms with van der Waals surface area (Å²) in [6.45, 7) is 1.85. The highest BCUT2D eigenvalue weighted by atomic mass is 32.2. The van der Waals surface area contributed by atoms with Crippen LogP contribution in [-0.2, 0) is 29.3 Å². The minimum Gasteiger partial charge on any atom is -0.337 e. The molecule has 0 atom stereocenters. The normalized spacial score (nSPS) is 14.2. The van der Waals surface area contributed by atoms with E-state index < -0.39 is 10.0 Å². The molecule has 0 saturated carbocycles. The Kier molecular flexibility index (Phi) is 3.21. The largest absolute Gasteiger partial charge is 0.337 e. The van der Waals surface area contributed by atoms with Crippen molar-refractivity contribution in [3.8, 4) is 0 Å². The van der Waals surface area contributed by atoms with Crippen molar-refractivity contribution in [3.63, 3.8) is 0 Å². The molecule has 1 N–H and O–H groups in total. The van der Waals surface area contributed by atoms with Crippen molar-refractivity contribution in [1.82, 2.24) is 10.1 Å². The number of hydrogen-bond donors (Lipinski definition) is 1. The zero-order valence-corrected chi connectivity index (χ0v) is 11.9. The first-order chi connectivity index (χ1) is 9.58. The molecule has 106 valence electrons. The first-order valence-electron chi connectivity index (χ1n) is 6.55. The monoisotopic (exact) mass is 293 g/mol. The quantitative estimate of drug-likeness (QED) is 0.931. The van der Waals surface area contributed by atoms with E-state index in [4.69, 9.17) is 4.52 Å². The summed E-state index contributed by atoms with van der Waals surface area (Å²) in [4.78, 5) is 4.18. The number of sulfonamides is 1. The van der Waals surface area contributed by atoms with Gasteiger partial charge in [-0.1, -0.05) is 13.0 Å². The first-order valence-corrected chi connectivity index (χ1v) is 8.04. The van der Waals surface area contributed by atoms with Crippen LogP contribution in [-0.4, -0.2) is 18.6 Å². The van der Waals surface area contributed by atoms with E-state index in [-0.39, 0.29) is 10.8 Å². The number of fused-ring (bicyclic) bond motifs is 1. The third kappa shape index (κ3) is 2.40. The second kappa shape index (κ2) is 4.90. The zero-order valence-electron chi connectivity index (χ0n) is 11.1. The molecule has 3 rings (SSSR count). The average Bonchev–Trinajstić information content (AvgIpc) is 3.05. The summed E-state index contributed by atoms with van der Waals surface area (Å²) in [5.74, 6) is 0.374. The minimum atomic E-state index is -3.66. The van der Waals surface area contributed by atoms with Crippen molar-refractivity contribution in [2.45, 2.75) is 37.5 Å². The predicted molar refractivity (Wildman–Crippen MR) is 73.0 cm³/mol. The first kappa shape index (κ1) is 13.1. The molecule has 0 saturated heterocycles. The van der Waals surface area contributed by atoms with Gasteiger partial charge in [-0.25, -0.2) is 13.1 Å². The van der Waals surface area contributed by atoms with Crippen LogP contribution in [0, 0.1) is 0 Å². The van der Waals surface area contributed by atoms with Crippen molar-refractivity contribution >= 4 is 16.0 Å². The molecule has 1 aliphatic carbocycles. The molecule has 20 heavy (non-hydrogen) atoms. The van der Waals surface area contributed by atoms with Gasteiger partial charge in [-0.05, 0) is 47.7 Å². The Labute approximate surface area is 117 Å². The van der Waals surface area contributed by atoms with Crippen LogP contribution < -0.4 is 4.72 Å². The second-order valence-electron chi connectivity index (χ2n) is 4.75.